The van der Waals surface area contributed by atoms with Gasteiger partial charge in [0.25, 0.3) is 0 Å². The van der Waals surface area contributed by atoms with Crippen LogP contribution in [-0.2, 0) is 4.79 Å². The van der Waals surface area contributed by atoms with Gasteiger partial charge in [-0.05, 0) is 87.8 Å². The van der Waals surface area contributed by atoms with Crippen LogP contribution >= 0.6 is 23.4 Å². The third-order valence-corrected chi connectivity index (χ3v) is 9.04. The van der Waals surface area contributed by atoms with Crippen molar-refractivity contribution in [3.05, 3.63) is 59.2 Å². The van der Waals surface area contributed by atoms with Gasteiger partial charge < -0.3 is 14.4 Å². The molecule has 0 unspecified atom stereocenters. The number of carbonyl (C=O) groups is 1. The smallest absolute Gasteiger partial charge is 0.249 e. The van der Waals surface area contributed by atoms with Crippen LogP contribution in [0.4, 0.5) is 4.39 Å². The molecule has 2 heterocycles. The van der Waals surface area contributed by atoms with Gasteiger partial charge in [0, 0.05) is 22.0 Å². The van der Waals surface area contributed by atoms with Crippen LogP contribution in [0.1, 0.15) is 43.8 Å². The van der Waals surface area contributed by atoms with Crippen LogP contribution in [0.15, 0.2) is 53.6 Å². The van der Waals surface area contributed by atoms with Crippen LogP contribution in [0.5, 0.6) is 11.5 Å². The highest BCUT2D eigenvalue weighted by Crippen LogP contribution is 2.42. The van der Waals surface area contributed by atoms with Crippen LogP contribution in [0.3, 0.4) is 0 Å². The summed E-state index contributed by atoms with van der Waals surface area (Å²) in [6.07, 6.45) is 2.53. The van der Waals surface area contributed by atoms with Crippen molar-refractivity contribution in [3.8, 4) is 11.5 Å². The van der Waals surface area contributed by atoms with Crippen LogP contribution in [-0.4, -0.2) is 60.6 Å². The largest absolute Gasteiger partial charge is 0.497 e. The summed E-state index contributed by atoms with van der Waals surface area (Å²) in [7, 11) is 3.23. The molecule has 0 spiro atoms. The number of likely N-dealkylation sites (tertiary alicyclic amines) is 1. The molecule has 7 nitrogen and oxygen atoms in total. The van der Waals surface area contributed by atoms with Gasteiger partial charge >= 0.3 is 0 Å². The number of thioether (sulfide) groups is 1. The molecule has 1 saturated heterocycles. The first-order valence-corrected chi connectivity index (χ1v) is 14.5. The van der Waals surface area contributed by atoms with E-state index < -0.39 is 17.5 Å². The van der Waals surface area contributed by atoms with Gasteiger partial charge in [0.1, 0.15) is 17.7 Å². The molecular formula is C29H35ClFN3O4S. The maximum absolute atomic E-state index is 15.8. The van der Waals surface area contributed by atoms with Gasteiger partial charge in [-0.25, -0.2) is 9.87 Å². The lowest BCUT2D eigenvalue weighted by Gasteiger charge is -2.40. The first kappa shape index (κ1) is 29.4. The van der Waals surface area contributed by atoms with E-state index in [1.54, 1.807) is 44.2 Å². The number of ether oxygens (including phenoxy) is 2. The second kappa shape index (κ2) is 13.7. The molecule has 1 fully saturated rings. The van der Waals surface area contributed by atoms with Gasteiger partial charge in [0.15, 0.2) is 0 Å². The van der Waals surface area contributed by atoms with E-state index in [0.717, 1.165) is 29.4 Å². The molecule has 4 rings (SSSR count). The Labute approximate surface area is 238 Å². The van der Waals surface area contributed by atoms with Gasteiger partial charge in [-0.1, -0.05) is 23.7 Å². The van der Waals surface area contributed by atoms with Crippen molar-refractivity contribution in [1.29, 1.82) is 0 Å². The number of methoxy groups -OCH3 is 2. The van der Waals surface area contributed by atoms with Crippen molar-refractivity contribution in [1.82, 2.24) is 15.4 Å². The molecule has 39 heavy (non-hydrogen) atoms. The molecule has 1 aliphatic heterocycles. The SMILES string of the molecule is COc1ccc2ncc(Cl)c([C@H](F)CCC3(C(=O)NO)CCN(CCCSc4ccccc4OC)CC3)c2c1. The summed E-state index contributed by atoms with van der Waals surface area (Å²) in [5.74, 6) is 1.97. The van der Waals surface area contributed by atoms with Crippen molar-refractivity contribution >= 4 is 40.2 Å². The third-order valence-electron chi connectivity index (χ3n) is 7.60. The van der Waals surface area contributed by atoms with Gasteiger partial charge in [0.2, 0.25) is 5.91 Å². The average molecular weight is 576 g/mol. The van der Waals surface area contributed by atoms with Gasteiger partial charge in [-0.2, -0.15) is 0 Å². The number of para-hydroxylation sites is 1. The number of aromatic nitrogens is 1. The molecule has 0 radical (unpaired) electrons. The Kier molecular flexibility index (Phi) is 10.3. The van der Waals surface area contributed by atoms with E-state index >= 15 is 4.39 Å². The number of halogens is 2. The number of carbonyl (C=O) groups excluding carboxylic acids is 1. The van der Waals surface area contributed by atoms with Crippen molar-refractivity contribution in [2.45, 2.75) is 43.2 Å². The Morgan fingerprint density at radius 2 is 2.00 bits per heavy atom. The zero-order valence-corrected chi connectivity index (χ0v) is 23.9. The fourth-order valence-electron chi connectivity index (χ4n) is 5.28. The Morgan fingerprint density at radius 1 is 1.23 bits per heavy atom. The van der Waals surface area contributed by atoms with E-state index in [9.17, 15) is 10.0 Å². The summed E-state index contributed by atoms with van der Waals surface area (Å²) in [5, 5.41) is 10.3. The molecule has 0 bridgehead atoms. The van der Waals surface area contributed by atoms with Crippen molar-refractivity contribution in [2.75, 3.05) is 39.6 Å². The highest BCUT2D eigenvalue weighted by molar-refractivity contribution is 7.99. The van der Waals surface area contributed by atoms with Crippen LogP contribution in [0.25, 0.3) is 10.9 Å². The number of fused-ring (bicyclic) bond motifs is 1. The molecule has 210 valence electrons. The van der Waals surface area contributed by atoms with Gasteiger partial charge in [-0.3, -0.25) is 15.0 Å². The quantitative estimate of drug-likeness (QED) is 0.111. The Morgan fingerprint density at radius 3 is 2.72 bits per heavy atom. The van der Waals surface area contributed by atoms with Gasteiger partial charge in [0.05, 0.1) is 30.2 Å². The number of nitrogens with one attached hydrogen (secondary N) is 1. The van der Waals surface area contributed by atoms with Crippen LogP contribution in [0.2, 0.25) is 5.02 Å². The molecular weight excluding hydrogens is 541 g/mol. The fourth-order valence-corrected chi connectivity index (χ4v) is 6.51. The number of hydrogen-bond acceptors (Lipinski definition) is 7. The zero-order valence-electron chi connectivity index (χ0n) is 22.3. The third kappa shape index (κ3) is 6.95. The molecule has 1 aromatic heterocycles. The lowest BCUT2D eigenvalue weighted by Crippen LogP contribution is -2.48. The fraction of sp³-hybridized carbons (Fsp3) is 0.448. The molecule has 10 heteroatoms. The molecule has 1 atom stereocenters. The number of hydrogen-bond donors (Lipinski definition) is 2. The number of piperidine rings is 1. The summed E-state index contributed by atoms with van der Waals surface area (Å²) < 4.78 is 26.5. The van der Waals surface area contributed by atoms with Gasteiger partial charge in [-0.15, -0.1) is 11.8 Å². The van der Waals surface area contributed by atoms with E-state index in [1.165, 1.54) is 6.20 Å². The van der Waals surface area contributed by atoms with E-state index in [0.29, 0.717) is 54.6 Å². The summed E-state index contributed by atoms with van der Waals surface area (Å²) >= 11 is 8.17. The zero-order chi connectivity index (χ0) is 27.8. The van der Waals surface area contributed by atoms with Crippen molar-refractivity contribution in [3.63, 3.8) is 0 Å². The second-order valence-corrected chi connectivity index (χ2v) is 11.4. The predicted molar refractivity (Wildman–Crippen MR) is 153 cm³/mol. The predicted octanol–water partition coefficient (Wildman–Crippen LogP) is 6.47. The van der Waals surface area contributed by atoms with Crippen LogP contribution < -0.4 is 15.0 Å². The monoisotopic (exact) mass is 575 g/mol. The molecule has 2 aromatic carbocycles. The highest BCUT2D eigenvalue weighted by Gasteiger charge is 2.41. The maximum Gasteiger partial charge on any atom is 0.249 e. The average Bonchev–Trinajstić information content (AvgIpc) is 2.98. The summed E-state index contributed by atoms with van der Waals surface area (Å²) in [5.41, 5.74) is 1.98. The molecule has 0 saturated carbocycles. The Balaban J connectivity index is 1.35. The topological polar surface area (TPSA) is 83.9 Å². The number of rotatable bonds is 12. The number of hydroxylamine groups is 1. The van der Waals surface area contributed by atoms with Crippen LogP contribution in [0, 0.1) is 5.41 Å². The van der Waals surface area contributed by atoms with E-state index in [-0.39, 0.29) is 11.4 Å². The molecule has 2 N–H and O–H groups in total. The minimum Gasteiger partial charge on any atom is -0.497 e. The normalized spacial score (nSPS) is 16.1. The number of nitrogens with zero attached hydrogens (tertiary/aromatic N) is 2. The molecule has 0 aliphatic carbocycles. The van der Waals surface area contributed by atoms with E-state index in [2.05, 4.69) is 16.0 Å². The van der Waals surface area contributed by atoms with Crippen molar-refractivity contribution in [2.24, 2.45) is 5.41 Å². The maximum atomic E-state index is 15.8. The molecule has 3 aromatic rings. The molecule has 1 amide bonds. The minimum absolute atomic E-state index is 0.0962. The summed E-state index contributed by atoms with van der Waals surface area (Å²) in [6.45, 7) is 2.32. The van der Waals surface area contributed by atoms with Crippen molar-refractivity contribution < 1.29 is 23.9 Å². The van der Waals surface area contributed by atoms with E-state index in [1.807, 2.05) is 23.7 Å². The Bertz CT molecular complexity index is 1270. The highest BCUT2D eigenvalue weighted by atomic mass is 35.5. The second-order valence-electron chi connectivity index (χ2n) is 9.82. The first-order chi connectivity index (χ1) is 18.9. The summed E-state index contributed by atoms with van der Waals surface area (Å²) in [4.78, 5) is 20.6. The summed E-state index contributed by atoms with van der Waals surface area (Å²) in [6, 6.07) is 13.3. The number of benzene rings is 2. The lowest BCUT2D eigenvalue weighted by molar-refractivity contribution is -0.143. The number of pyridine rings is 1. The van der Waals surface area contributed by atoms with E-state index in [4.69, 9.17) is 21.1 Å². The minimum atomic E-state index is -1.40. The first-order valence-electron chi connectivity index (χ1n) is 13.1. The Hall–Kier alpha value is -2.59. The lowest BCUT2D eigenvalue weighted by atomic mass is 9.73. The standard InChI is InChI=1S/C29H35ClFN3O4S/c1-37-20-8-9-24-21(18-20)27(22(30)19-32-24)23(31)10-11-29(28(35)33-36)12-15-34(16-13-29)14-5-17-39-26-7-4-3-6-25(26)38-2/h3-4,6-9,18-19,23,36H,5,10-17H2,1-2H3,(H,33,35)/t23-/m1/s1. The number of alkyl halides is 1. The molecule has 1 aliphatic rings. The number of amides is 1.